The Bertz CT molecular complexity index is 379. The van der Waals surface area contributed by atoms with E-state index in [1.165, 1.54) is 0 Å². The molecule has 0 heterocycles. The summed E-state index contributed by atoms with van der Waals surface area (Å²) in [6, 6.07) is 5.16. The van der Waals surface area contributed by atoms with Gasteiger partial charge in [-0.15, -0.1) is 0 Å². The second kappa shape index (κ2) is 5.89. The van der Waals surface area contributed by atoms with Crippen LogP contribution in [0.15, 0.2) is 22.7 Å². The highest BCUT2D eigenvalue weighted by molar-refractivity contribution is 9.10. The third-order valence-corrected chi connectivity index (χ3v) is 2.73. The summed E-state index contributed by atoms with van der Waals surface area (Å²) >= 11 is 3.30. The van der Waals surface area contributed by atoms with Gasteiger partial charge < -0.3 is 10.5 Å². The summed E-state index contributed by atoms with van der Waals surface area (Å²) in [5.41, 5.74) is 6.57. The maximum atomic E-state index is 11.8. The average Bonchev–Trinajstić information content (AvgIpc) is 2.21. The molecule has 0 radical (unpaired) electrons. The van der Waals surface area contributed by atoms with Gasteiger partial charge in [0, 0.05) is 10.2 Å². The van der Waals surface area contributed by atoms with E-state index < -0.39 is 0 Å². The molecule has 1 rings (SSSR count). The van der Waals surface area contributed by atoms with Crippen LogP contribution < -0.4 is 5.73 Å². The number of halogens is 1. The van der Waals surface area contributed by atoms with E-state index in [1.807, 2.05) is 6.92 Å². The zero-order valence-corrected chi connectivity index (χ0v) is 11.1. The standard InChI is InChI=1S/C12H16BrNO2/c1-3-4-8(2)16-12(15)10-7-9(13)5-6-11(10)14/h5-8H,3-4,14H2,1-2H3. The monoisotopic (exact) mass is 285 g/mol. The van der Waals surface area contributed by atoms with E-state index in [1.54, 1.807) is 18.2 Å². The summed E-state index contributed by atoms with van der Waals surface area (Å²) in [5, 5.41) is 0. The minimum absolute atomic E-state index is 0.0733. The Balaban J connectivity index is 2.76. The number of hydrogen-bond acceptors (Lipinski definition) is 3. The number of hydrogen-bond donors (Lipinski definition) is 1. The van der Waals surface area contributed by atoms with Crippen molar-refractivity contribution in [1.29, 1.82) is 0 Å². The molecule has 88 valence electrons. The largest absolute Gasteiger partial charge is 0.459 e. The van der Waals surface area contributed by atoms with Crippen molar-refractivity contribution in [3.05, 3.63) is 28.2 Å². The molecule has 2 N–H and O–H groups in total. The van der Waals surface area contributed by atoms with Crippen molar-refractivity contribution in [2.24, 2.45) is 0 Å². The Kier molecular flexibility index (Phi) is 4.80. The molecule has 1 atom stereocenters. The predicted octanol–water partition coefficient (Wildman–Crippen LogP) is 3.38. The molecular weight excluding hydrogens is 270 g/mol. The lowest BCUT2D eigenvalue weighted by atomic mass is 10.2. The van der Waals surface area contributed by atoms with Crippen molar-refractivity contribution in [2.75, 3.05) is 5.73 Å². The van der Waals surface area contributed by atoms with Crippen LogP contribution in [0.2, 0.25) is 0 Å². The predicted molar refractivity (Wildman–Crippen MR) is 68.3 cm³/mol. The van der Waals surface area contributed by atoms with E-state index in [0.29, 0.717) is 11.3 Å². The molecule has 0 bridgehead atoms. The van der Waals surface area contributed by atoms with Crippen molar-refractivity contribution in [3.8, 4) is 0 Å². The molecule has 0 aliphatic carbocycles. The van der Waals surface area contributed by atoms with E-state index in [0.717, 1.165) is 17.3 Å². The van der Waals surface area contributed by atoms with Crippen LogP contribution in [-0.4, -0.2) is 12.1 Å². The van der Waals surface area contributed by atoms with E-state index in [4.69, 9.17) is 10.5 Å². The zero-order chi connectivity index (χ0) is 12.1. The molecule has 0 saturated heterocycles. The lowest BCUT2D eigenvalue weighted by Crippen LogP contribution is -2.16. The zero-order valence-electron chi connectivity index (χ0n) is 9.50. The topological polar surface area (TPSA) is 52.3 Å². The highest BCUT2D eigenvalue weighted by atomic mass is 79.9. The van der Waals surface area contributed by atoms with Gasteiger partial charge in [-0.3, -0.25) is 0 Å². The lowest BCUT2D eigenvalue weighted by molar-refractivity contribution is 0.0324. The van der Waals surface area contributed by atoms with E-state index >= 15 is 0 Å². The minimum atomic E-state index is -0.361. The number of rotatable bonds is 4. The summed E-state index contributed by atoms with van der Waals surface area (Å²) in [5.74, 6) is -0.361. The van der Waals surface area contributed by atoms with Crippen molar-refractivity contribution >= 4 is 27.6 Å². The highest BCUT2D eigenvalue weighted by Crippen LogP contribution is 2.20. The molecule has 1 aromatic carbocycles. The van der Waals surface area contributed by atoms with Crippen molar-refractivity contribution in [2.45, 2.75) is 32.8 Å². The maximum absolute atomic E-state index is 11.8. The molecule has 0 aliphatic heterocycles. The molecule has 3 nitrogen and oxygen atoms in total. The molecule has 0 fully saturated rings. The van der Waals surface area contributed by atoms with E-state index in [-0.39, 0.29) is 12.1 Å². The average molecular weight is 286 g/mol. The number of carbonyl (C=O) groups excluding carboxylic acids is 1. The summed E-state index contributed by atoms with van der Waals surface area (Å²) < 4.78 is 6.09. The van der Waals surface area contributed by atoms with Gasteiger partial charge >= 0.3 is 5.97 Å². The first-order valence-corrected chi connectivity index (χ1v) is 6.10. The Morgan fingerprint density at radius 3 is 2.88 bits per heavy atom. The van der Waals surface area contributed by atoms with Crippen LogP contribution in [0.5, 0.6) is 0 Å². The van der Waals surface area contributed by atoms with Gasteiger partial charge in [0.2, 0.25) is 0 Å². The van der Waals surface area contributed by atoms with E-state index in [9.17, 15) is 4.79 Å². The van der Waals surface area contributed by atoms with Crippen molar-refractivity contribution in [1.82, 2.24) is 0 Å². The number of carbonyl (C=O) groups is 1. The maximum Gasteiger partial charge on any atom is 0.340 e. The molecule has 4 heteroatoms. The SMILES string of the molecule is CCCC(C)OC(=O)c1cc(Br)ccc1N. The Labute approximate surface area is 104 Å². The number of nitrogens with two attached hydrogens (primary N) is 1. The fourth-order valence-electron chi connectivity index (χ4n) is 1.42. The fourth-order valence-corrected chi connectivity index (χ4v) is 1.78. The van der Waals surface area contributed by atoms with E-state index in [2.05, 4.69) is 22.9 Å². The molecule has 0 aliphatic rings. The normalized spacial score (nSPS) is 12.2. The third kappa shape index (κ3) is 3.52. The van der Waals surface area contributed by atoms with Crippen molar-refractivity contribution < 1.29 is 9.53 Å². The van der Waals surface area contributed by atoms with Gasteiger partial charge in [-0.1, -0.05) is 29.3 Å². The highest BCUT2D eigenvalue weighted by Gasteiger charge is 2.14. The molecule has 0 saturated carbocycles. The van der Waals surface area contributed by atoms with Crippen LogP contribution in [0.3, 0.4) is 0 Å². The minimum Gasteiger partial charge on any atom is -0.459 e. The Morgan fingerprint density at radius 1 is 1.56 bits per heavy atom. The first kappa shape index (κ1) is 13.0. The van der Waals surface area contributed by atoms with Gasteiger partial charge in [-0.2, -0.15) is 0 Å². The number of benzene rings is 1. The number of esters is 1. The summed E-state index contributed by atoms with van der Waals surface area (Å²) in [6.45, 7) is 3.94. The molecular formula is C12H16BrNO2. The Hall–Kier alpha value is -1.03. The smallest absolute Gasteiger partial charge is 0.340 e. The first-order valence-electron chi connectivity index (χ1n) is 5.30. The molecule has 1 unspecified atom stereocenters. The third-order valence-electron chi connectivity index (χ3n) is 2.24. The number of ether oxygens (including phenoxy) is 1. The van der Waals surface area contributed by atoms with Gasteiger partial charge in [0.05, 0.1) is 11.7 Å². The van der Waals surface area contributed by atoms with Crippen LogP contribution >= 0.6 is 15.9 Å². The van der Waals surface area contributed by atoms with Crippen LogP contribution in [0.25, 0.3) is 0 Å². The second-order valence-corrected chi connectivity index (χ2v) is 4.65. The summed E-state index contributed by atoms with van der Waals surface area (Å²) in [6.07, 6.45) is 1.78. The molecule has 16 heavy (non-hydrogen) atoms. The summed E-state index contributed by atoms with van der Waals surface area (Å²) in [4.78, 5) is 11.8. The Morgan fingerprint density at radius 2 is 2.25 bits per heavy atom. The first-order chi connectivity index (χ1) is 7.54. The van der Waals surface area contributed by atoms with Gasteiger partial charge in [0.15, 0.2) is 0 Å². The second-order valence-electron chi connectivity index (χ2n) is 3.74. The quantitative estimate of drug-likeness (QED) is 0.682. The van der Waals surface area contributed by atoms with Crippen LogP contribution in [-0.2, 0) is 4.74 Å². The lowest BCUT2D eigenvalue weighted by Gasteiger charge is -2.13. The van der Waals surface area contributed by atoms with Gasteiger partial charge in [0.1, 0.15) is 0 Å². The number of anilines is 1. The molecule has 1 aromatic rings. The van der Waals surface area contributed by atoms with Gasteiger partial charge in [-0.05, 0) is 31.5 Å². The van der Waals surface area contributed by atoms with Crippen LogP contribution in [0, 0.1) is 0 Å². The molecule has 0 spiro atoms. The molecule has 0 aromatic heterocycles. The number of nitrogen functional groups attached to an aromatic ring is 1. The van der Waals surface area contributed by atoms with Crippen LogP contribution in [0.1, 0.15) is 37.0 Å². The van der Waals surface area contributed by atoms with Crippen LogP contribution in [0.4, 0.5) is 5.69 Å². The van der Waals surface area contributed by atoms with Gasteiger partial charge in [0.25, 0.3) is 0 Å². The fraction of sp³-hybridized carbons (Fsp3) is 0.417. The summed E-state index contributed by atoms with van der Waals surface area (Å²) in [7, 11) is 0. The molecule has 0 amide bonds. The van der Waals surface area contributed by atoms with Crippen molar-refractivity contribution in [3.63, 3.8) is 0 Å². The van der Waals surface area contributed by atoms with Gasteiger partial charge in [-0.25, -0.2) is 4.79 Å².